The van der Waals surface area contributed by atoms with Crippen LogP contribution < -0.4 is 21.2 Å². The number of hydrogen-bond acceptors (Lipinski definition) is 8. The third-order valence-electron chi connectivity index (χ3n) is 5.29. The van der Waals surface area contributed by atoms with Crippen molar-refractivity contribution in [3.63, 3.8) is 0 Å². The van der Waals surface area contributed by atoms with E-state index in [1.54, 1.807) is 11.1 Å². The summed E-state index contributed by atoms with van der Waals surface area (Å²) in [5.74, 6) is 0.862. The molecule has 0 radical (unpaired) electrons. The molecule has 3 heterocycles. The first-order valence-electron chi connectivity index (χ1n) is 9.35. The minimum absolute atomic E-state index is 0.0658. The van der Waals surface area contributed by atoms with E-state index in [1.807, 2.05) is 13.0 Å². The first-order valence-corrected chi connectivity index (χ1v) is 10.9. The van der Waals surface area contributed by atoms with Gasteiger partial charge in [-0.15, -0.1) is 5.10 Å². The predicted molar refractivity (Wildman–Crippen MR) is 110 cm³/mol. The molecule has 0 spiro atoms. The van der Waals surface area contributed by atoms with E-state index in [-0.39, 0.29) is 11.4 Å². The lowest BCUT2D eigenvalue weighted by Gasteiger charge is -2.29. The molecule has 4 rings (SSSR count). The second-order valence-corrected chi connectivity index (χ2v) is 8.92. The number of aromatic nitrogens is 3. The molecule has 1 saturated heterocycles. The average molecular weight is 417 g/mol. The highest BCUT2D eigenvalue weighted by Gasteiger charge is 2.27. The Morgan fingerprint density at radius 1 is 1.34 bits per heavy atom. The summed E-state index contributed by atoms with van der Waals surface area (Å²) in [5.41, 5.74) is 8.88. The summed E-state index contributed by atoms with van der Waals surface area (Å²) >= 11 is 0. The molecule has 1 atom stereocenters. The zero-order valence-corrected chi connectivity index (χ0v) is 16.9. The molecule has 0 saturated carbocycles. The second kappa shape index (κ2) is 7.58. The Hall–Kier alpha value is -2.76. The van der Waals surface area contributed by atoms with Gasteiger partial charge in [-0.1, -0.05) is 0 Å². The van der Waals surface area contributed by atoms with Crippen molar-refractivity contribution in [3.05, 3.63) is 47.7 Å². The molecular formula is C18H24N8O2S. The number of sulfonamides is 1. The Labute approximate surface area is 169 Å². The van der Waals surface area contributed by atoms with Gasteiger partial charge in [0, 0.05) is 5.56 Å². The lowest BCUT2D eigenvalue weighted by molar-refractivity contribution is 0.576. The summed E-state index contributed by atoms with van der Waals surface area (Å²) in [6, 6.07) is 3.55. The molecule has 2 aliphatic rings. The third-order valence-corrected chi connectivity index (χ3v) is 6.24. The van der Waals surface area contributed by atoms with Gasteiger partial charge in [0.1, 0.15) is 18.5 Å². The molecule has 29 heavy (non-hydrogen) atoms. The summed E-state index contributed by atoms with van der Waals surface area (Å²) in [4.78, 5) is 9.72. The molecular weight excluding hydrogens is 392 g/mol. The van der Waals surface area contributed by atoms with Crippen LogP contribution in [0, 0.1) is 12.8 Å². The van der Waals surface area contributed by atoms with Gasteiger partial charge in [0.05, 0.1) is 23.3 Å². The number of benzene rings is 1. The number of primary sulfonamides is 1. The molecule has 0 bridgehead atoms. The Kier molecular flexibility index (Phi) is 5.11. The molecule has 1 unspecified atom stereocenters. The fourth-order valence-corrected chi connectivity index (χ4v) is 4.57. The highest BCUT2D eigenvalue weighted by atomic mass is 32.2. The fraction of sp³-hybridized carbons (Fsp3) is 0.389. The van der Waals surface area contributed by atoms with Crippen molar-refractivity contribution in [2.24, 2.45) is 21.8 Å². The van der Waals surface area contributed by atoms with Crippen LogP contribution in [-0.2, 0) is 16.4 Å². The van der Waals surface area contributed by atoms with Gasteiger partial charge in [0.25, 0.3) is 0 Å². The van der Waals surface area contributed by atoms with Gasteiger partial charge >= 0.3 is 0 Å². The smallest absolute Gasteiger partial charge is 0.238 e. The lowest BCUT2D eigenvalue weighted by atomic mass is 9.93. The van der Waals surface area contributed by atoms with E-state index in [4.69, 9.17) is 10.9 Å². The first kappa shape index (κ1) is 19.6. The van der Waals surface area contributed by atoms with E-state index in [2.05, 4.69) is 20.4 Å². The van der Waals surface area contributed by atoms with Gasteiger partial charge in [0.15, 0.2) is 0 Å². The Morgan fingerprint density at radius 3 is 2.83 bits per heavy atom. The number of nitrogens with zero attached hydrogens (tertiary/aromatic N) is 5. The molecule has 1 fully saturated rings. The zero-order chi connectivity index (χ0) is 20.6. The quantitative estimate of drug-likeness (QED) is 0.606. The van der Waals surface area contributed by atoms with Crippen LogP contribution in [0.15, 0.2) is 40.9 Å². The Balaban J connectivity index is 1.82. The van der Waals surface area contributed by atoms with Crippen LogP contribution in [0.3, 0.4) is 0 Å². The Morgan fingerprint density at radius 2 is 2.17 bits per heavy atom. The standard InChI is InChI=1S/C18H24N8O2S/c1-12-4-15(16-8-23-18(19)9-25(16)26-11-22-10-24-26)17(29(20,27)28)6-14(12)5-13-2-3-21-7-13/h4,6,8,10-11,13,21H,2-3,5,7,9H2,1H3,(H2,19,23)(H2,20,27,28). The number of aryl methyl sites for hydroxylation is 1. The summed E-state index contributed by atoms with van der Waals surface area (Å²) in [7, 11) is -3.97. The molecule has 1 aromatic carbocycles. The van der Waals surface area contributed by atoms with Crippen molar-refractivity contribution in [1.82, 2.24) is 20.2 Å². The normalized spacial score (nSPS) is 19.9. The van der Waals surface area contributed by atoms with Gasteiger partial charge in [-0.3, -0.25) is 5.01 Å². The maximum atomic E-state index is 12.5. The van der Waals surface area contributed by atoms with E-state index in [0.717, 1.165) is 37.1 Å². The van der Waals surface area contributed by atoms with Gasteiger partial charge in [-0.05, 0) is 62.0 Å². The second-order valence-electron chi connectivity index (χ2n) is 7.39. The third kappa shape index (κ3) is 4.02. The number of rotatable bonds is 5. The number of nitrogens with one attached hydrogen (secondary N) is 1. The zero-order valence-electron chi connectivity index (χ0n) is 16.1. The lowest BCUT2D eigenvalue weighted by Crippen LogP contribution is -2.42. The van der Waals surface area contributed by atoms with Gasteiger partial charge in [0.2, 0.25) is 10.0 Å². The number of amidine groups is 1. The highest BCUT2D eigenvalue weighted by molar-refractivity contribution is 7.89. The van der Waals surface area contributed by atoms with Crippen LogP contribution in [0.4, 0.5) is 0 Å². The molecule has 0 aliphatic carbocycles. The van der Waals surface area contributed by atoms with E-state index in [9.17, 15) is 8.42 Å². The van der Waals surface area contributed by atoms with Crippen LogP contribution in [0.2, 0.25) is 0 Å². The van der Waals surface area contributed by atoms with Crippen molar-refractivity contribution in [2.45, 2.75) is 24.7 Å². The molecule has 1 aromatic heterocycles. The van der Waals surface area contributed by atoms with E-state index in [0.29, 0.717) is 23.0 Å². The van der Waals surface area contributed by atoms with Crippen LogP contribution in [0.1, 0.15) is 23.1 Å². The van der Waals surface area contributed by atoms with Gasteiger partial charge < -0.3 is 11.1 Å². The van der Waals surface area contributed by atoms with Crippen molar-refractivity contribution in [2.75, 3.05) is 24.6 Å². The maximum Gasteiger partial charge on any atom is 0.238 e. The minimum Gasteiger partial charge on any atom is -0.386 e. The largest absolute Gasteiger partial charge is 0.386 e. The average Bonchev–Trinajstić information content (AvgIpc) is 3.36. The predicted octanol–water partition coefficient (Wildman–Crippen LogP) is -0.307. The summed E-state index contributed by atoms with van der Waals surface area (Å²) in [6.07, 6.45) is 6.32. The fourth-order valence-electron chi connectivity index (χ4n) is 3.79. The summed E-state index contributed by atoms with van der Waals surface area (Å²) in [5, 5.41) is 14.8. The number of aliphatic imine (C=N–C) groups is 1. The minimum atomic E-state index is -3.97. The highest BCUT2D eigenvalue weighted by Crippen LogP contribution is 2.31. The van der Waals surface area contributed by atoms with Crippen molar-refractivity contribution in [1.29, 1.82) is 0 Å². The van der Waals surface area contributed by atoms with Crippen LogP contribution in [0.5, 0.6) is 0 Å². The van der Waals surface area contributed by atoms with Crippen molar-refractivity contribution in [3.8, 4) is 0 Å². The van der Waals surface area contributed by atoms with E-state index < -0.39 is 10.0 Å². The molecule has 5 N–H and O–H groups in total. The maximum absolute atomic E-state index is 12.5. The molecule has 2 aliphatic heterocycles. The Bertz CT molecular complexity index is 1070. The molecule has 10 nitrogen and oxygen atoms in total. The first-order chi connectivity index (χ1) is 13.8. The SMILES string of the molecule is Cc1cc(C2=CN=C(N)CN2n2cncn2)c(S(N)(=O)=O)cc1CC1CCNC1. The van der Waals surface area contributed by atoms with Crippen molar-refractivity contribution < 1.29 is 8.42 Å². The van der Waals surface area contributed by atoms with E-state index >= 15 is 0 Å². The topological polar surface area (TPSA) is 145 Å². The molecule has 11 heteroatoms. The number of hydrogen-bond donors (Lipinski definition) is 3. The number of nitrogens with two attached hydrogens (primary N) is 2. The van der Waals surface area contributed by atoms with Crippen LogP contribution in [-0.4, -0.2) is 48.8 Å². The van der Waals surface area contributed by atoms with Gasteiger partial charge in [-0.25, -0.2) is 23.5 Å². The van der Waals surface area contributed by atoms with Gasteiger partial charge in [-0.2, -0.15) is 4.79 Å². The summed E-state index contributed by atoms with van der Waals surface area (Å²) in [6.45, 7) is 4.15. The molecule has 154 valence electrons. The molecule has 0 amide bonds. The van der Waals surface area contributed by atoms with E-state index in [1.165, 1.54) is 23.6 Å². The van der Waals surface area contributed by atoms with Crippen LogP contribution in [0.25, 0.3) is 5.70 Å². The van der Waals surface area contributed by atoms with Crippen molar-refractivity contribution >= 4 is 21.6 Å². The van der Waals surface area contributed by atoms with Crippen LogP contribution >= 0.6 is 0 Å². The monoisotopic (exact) mass is 416 g/mol. The molecule has 2 aromatic rings. The summed E-state index contributed by atoms with van der Waals surface area (Å²) < 4.78 is 25.0.